The first-order valence-electron chi connectivity index (χ1n) is 16.0. The number of alkyl halides is 1. The van der Waals surface area contributed by atoms with E-state index >= 15 is 8.78 Å². The van der Waals surface area contributed by atoms with E-state index in [1.54, 1.807) is 63.4 Å². The summed E-state index contributed by atoms with van der Waals surface area (Å²) in [4.78, 5) is 29.8. The lowest BCUT2D eigenvalue weighted by atomic mass is 9.58. The quantitative estimate of drug-likeness (QED) is 0.166. The summed E-state index contributed by atoms with van der Waals surface area (Å²) in [7, 11) is 0.961. The summed E-state index contributed by atoms with van der Waals surface area (Å²) in [5.74, 6) is -3.63. The molecule has 2 heterocycles. The molecule has 0 saturated carbocycles. The number of carbonyl (C=O) groups excluding carboxylic acids is 2. The number of nitrogens with one attached hydrogen (secondary N) is 1. The van der Waals surface area contributed by atoms with Gasteiger partial charge in [0, 0.05) is 62.3 Å². The molecule has 1 fully saturated rings. The van der Waals surface area contributed by atoms with Gasteiger partial charge in [-0.25, -0.2) is 8.78 Å². The molecule has 3 atom stereocenters. The number of carbonyl (C=O) groups is 2. The molecular formula is C36H43Cl3F2N2O4Si. The van der Waals surface area contributed by atoms with Gasteiger partial charge in [0.2, 0.25) is 11.8 Å². The molecule has 0 unspecified atom stereocenters. The van der Waals surface area contributed by atoms with Crippen LogP contribution >= 0.6 is 34.8 Å². The maximum Gasteiger partial charge on any atom is 0.238 e. The Balaban J connectivity index is 0.000000579. The fourth-order valence-corrected chi connectivity index (χ4v) is 7.83. The fraction of sp³-hybridized carbons (Fsp3) is 0.444. The summed E-state index contributed by atoms with van der Waals surface area (Å²) in [6, 6.07) is 14.2. The molecule has 1 spiro atoms. The first-order valence-corrected chi connectivity index (χ1v) is 21.0. The standard InChI is InChI=1S/C30H27Cl3F2N2O3.C6H16OSi/c1-16(2)40-24-10-9-22(34)27(35)26(24)28-30(20-8-7-19(33)14-23(20)36-29(30)39)21(17-5-3-6-18(32)13-17)15-25(38)37(28)12-4-11-31;1-7-5-6-8(2,3)4/h3,5-10,13-14,16,21,28H,4,11-12,15H2,1-2H3,(H,36,39);5-6H2,1-4H3/t21-,28-,30-;/m0./s1. The molecule has 0 radical (unpaired) electrons. The Morgan fingerprint density at radius 1 is 1.04 bits per heavy atom. The molecule has 1 N–H and O–H groups in total. The Morgan fingerprint density at radius 3 is 2.35 bits per heavy atom. The van der Waals surface area contributed by atoms with Gasteiger partial charge >= 0.3 is 0 Å². The number of likely N-dealkylation sites (tertiary alicyclic amines) is 1. The summed E-state index contributed by atoms with van der Waals surface area (Å²) in [5.41, 5.74) is -0.233. The zero-order valence-electron chi connectivity index (χ0n) is 28.1. The van der Waals surface area contributed by atoms with E-state index in [9.17, 15) is 9.59 Å². The Bertz CT molecular complexity index is 1640. The molecule has 48 heavy (non-hydrogen) atoms. The minimum atomic E-state index is -1.59. The van der Waals surface area contributed by atoms with E-state index in [1.807, 2.05) is 0 Å². The molecule has 5 rings (SSSR count). The molecule has 2 aliphatic rings. The predicted octanol–water partition coefficient (Wildman–Crippen LogP) is 9.61. The van der Waals surface area contributed by atoms with Crippen molar-refractivity contribution in [2.75, 3.05) is 31.5 Å². The van der Waals surface area contributed by atoms with Crippen molar-refractivity contribution in [2.45, 2.75) is 75.9 Å². The lowest BCUT2D eigenvalue weighted by Gasteiger charge is -2.51. The SMILES string of the molecule is CC(C)Oc1ccc(F)c(F)c1[C@@H]1N(CCCCl)C(=O)C[C@@H](c2cccc(Cl)c2)[C@]12C(=O)Nc1cc(Cl)ccc12.COCC[Si](C)(C)C. The van der Waals surface area contributed by atoms with Gasteiger partial charge < -0.3 is 19.7 Å². The van der Waals surface area contributed by atoms with Gasteiger partial charge in [-0.3, -0.25) is 9.59 Å². The van der Waals surface area contributed by atoms with Crippen molar-refractivity contribution < 1.29 is 27.8 Å². The van der Waals surface area contributed by atoms with E-state index in [4.69, 9.17) is 44.3 Å². The third-order valence-electron chi connectivity index (χ3n) is 8.61. The number of halogens is 5. The number of ether oxygens (including phenoxy) is 2. The topological polar surface area (TPSA) is 67.9 Å². The van der Waals surface area contributed by atoms with Crippen LogP contribution in [0.25, 0.3) is 0 Å². The maximum atomic E-state index is 16.1. The van der Waals surface area contributed by atoms with Gasteiger partial charge in [-0.2, -0.15) is 0 Å². The molecule has 1 saturated heterocycles. The van der Waals surface area contributed by atoms with Gasteiger partial charge in [-0.1, -0.05) is 61.0 Å². The molecule has 3 aromatic carbocycles. The normalized spacial score (nSPS) is 20.5. The molecule has 12 heteroatoms. The summed E-state index contributed by atoms with van der Waals surface area (Å²) < 4.78 is 42.1. The summed E-state index contributed by atoms with van der Waals surface area (Å²) in [6.07, 6.45) is -0.109. The lowest BCUT2D eigenvalue weighted by Crippen LogP contribution is -2.58. The highest BCUT2D eigenvalue weighted by molar-refractivity contribution is 6.76. The summed E-state index contributed by atoms with van der Waals surface area (Å²) >= 11 is 18.7. The molecular weight excluding hydrogens is 697 g/mol. The Kier molecular flexibility index (Phi) is 12.6. The highest BCUT2D eigenvalue weighted by Crippen LogP contribution is 2.61. The summed E-state index contributed by atoms with van der Waals surface area (Å²) in [6.45, 7) is 11.6. The second-order valence-corrected chi connectivity index (χ2v) is 20.5. The first-order chi connectivity index (χ1) is 22.6. The number of nitrogens with zero attached hydrogens (tertiary/aromatic N) is 1. The van der Waals surface area contributed by atoms with Crippen molar-refractivity contribution in [3.05, 3.63) is 93.0 Å². The zero-order valence-corrected chi connectivity index (χ0v) is 31.4. The molecule has 0 bridgehead atoms. The number of rotatable bonds is 10. The van der Waals surface area contributed by atoms with Crippen molar-refractivity contribution in [1.29, 1.82) is 0 Å². The average molecular weight is 740 g/mol. The van der Waals surface area contributed by atoms with E-state index in [0.29, 0.717) is 33.3 Å². The number of hydrogen-bond acceptors (Lipinski definition) is 4. The van der Waals surface area contributed by atoms with Crippen LogP contribution in [-0.4, -0.2) is 57.0 Å². The second-order valence-electron chi connectivity index (χ2n) is 13.6. The number of fused-ring (bicyclic) bond motifs is 2. The van der Waals surface area contributed by atoms with Crippen molar-refractivity contribution in [3.63, 3.8) is 0 Å². The highest BCUT2D eigenvalue weighted by atomic mass is 35.5. The van der Waals surface area contributed by atoms with Crippen LogP contribution in [0.2, 0.25) is 35.7 Å². The number of anilines is 1. The molecule has 0 aromatic heterocycles. The zero-order chi connectivity index (χ0) is 35.4. The van der Waals surface area contributed by atoms with Crippen LogP contribution in [-0.2, 0) is 19.7 Å². The van der Waals surface area contributed by atoms with Gasteiger partial charge in [0.05, 0.1) is 17.7 Å². The Morgan fingerprint density at radius 2 is 1.75 bits per heavy atom. The van der Waals surface area contributed by atoms with Crippen LogP contribution < -0.4 is 10.1 Å². The van der Waals surface area contributed by atoms with Crippen LogP contribution in [0.1, 0.15) is 55.3 Å². The molecule has 2 amide bonds. The van der Waals surface area contributed by atoms with E-state index in [-0.39, 0.29) is 36.1 Å². The lowest BCUT2D eigenvalue weighted by molar-refractivity contribution is -0.145. The van der Waals surface area contributed by atoms with Crippen molar-refractivity contribution in [1.82, 2.24) is 4.90 Å². The van der Waals surface area contributed by atoms with Crippen LogP contribution in [0.5, 0.6) is 5.75 Å². The van der Waals surface area contributed by atoms with Crippen LogP contribution in [0, 0.1) is 11.6 Å². The smallest absolute Gasteiger partial charge is 0.238 e. The number of amides is 2. The third kappa shape index (κ3) is 8.02. The maximum absolute atomic E-state index is 16.1. The minimum absolute atomic E-state index is 0.0453. The van der Waals surface area contributed by atoms with Crippen molar-refractivity contribution in [3.8, 4) is 5.75 Å². The molecule has 0 aliphatic carbocycles. The molecule has 6 nitrogen and oxygen atoms in total. The minimum Gasteiger partial charge on any atom is -0.491 e. The molecule has 3 aromatic rings. The number of methoxy groups -OCH3 is 1. The Labute approximate surface area is 298 Å². The van der Waals surface area contributed by atoms with Crippen LogP contribution in [0.15, 0.2) is 54.6 Å². The number of benzene rings is 3. The monoisotopic (exact) mass is 738 g/mol. The third-order valence-corrected chi connectivity index (χ3v) is 11.1. The number of hydrogen-bond donors (Lipinski definition) is 1. The second kappa shape index (κ2) is 15.9. The van der Waals surface area contributed by atoms with Gasteiger partial charge in [0.15, 0.2) is 11.6 Å². The molecule has 260 valence electrons. The van der Waals surface area contributed by atoms with E-state index in [1.165, 1.54) is 17.0 Å². The predicted molar refractivity (Wildman–Crippen MR) is 193 cm³/mol. The molecule has 2 aliphatic heterocycles. The number of piperidine rings is 1. The van der Waals surface area contributed by atoms with Crippen molar-refractivity contribution in [2.24, 2.45) is 0 Å². The first kappa shape index (κ1) is 38.1. The van der Waals surface area contributed by atoms with Gasteiger partial charge in [0.1, 0.15) is 11.2 Å². The van der Waals surface area contributed by atoms with Crippen LogP contribution in [0.3, 0.4) is 0 Å². The fourth-order valence-electron chi connectivity index (χ4n) is 6.52. The van der Waals surface area contributed by atoms with Gasteiger partial charge in [-0.05, 0) is 73.8 Å². The highest BCUT2D eigenvalue weighted by Gasteiger charge is 2.64. The van der Waals surface area contributed by atoms with E-state index < -0.39 is 49.1 Å². The van der Waals surface area contributed by atoms with E-state index in [0.717, 1.165) is 12.7 Å². The van der Waals surface area contributed by atoms with Gasteiger partial charge in [0.25, 0.3) is 0 Å². The van der Waals surface area contributed by atoms with Crippen molar-refractivity contribution >= 4 is 60.4 Å². The average Bonchev–Trinajstić information content (AvgIpc) is 3.29. The largest absolute Gasteiger partial charge is 0.491 e. The van der Waals surface area contributed by atoms with Crippen LogP contribution in [0.4, 0.5) is 14.5 Å². The summed E-state index contributed by atoms with van der Waals surface area (Å²) in [5, 5.41) is 3.72. The van der Waals surface area contributed by atoms with E-state index in [2.05, 4.69) is 25.0 Å². The van der Waals surface area contributed by atoms with Gasteiger partial charge in [-0.15, -0.1) is 11.6 Å². The Hall–Kier alpha value is -2.69.